The molecule has 18 heavy (non-hydrogen) atoms. The highest BCUT2D eigenvalue weighted by atomic mass is 16.5. The number of carbonyl (C=O) groups excluding carboxylic acids is 1. The third-order valence-corrected chi connectivity index (χ3v) is 3.36. The maximum absolute atomic E-state index is 11.3. The lowest BCUT2D eigenvalue weighted by atomic mass is 10.1. The Hall–Kier alpha value is -1.71. The Kier molecular flexibility index (Phi) is 3.75. The quantitative estimate of drug-likeness (QED) is 0.798. The Labute approximate surface area is 108 Å². The number of nitrogens with zero attached hydrogens (tertiary/aromatic N) is 2. The summed E-state index contributed by atoms with van der Waals surface area (Å²) in [5.74, 6) is 1.05. The van der Waals surface area contributed by atoms with Crippen molar-refractivity contribution in [2.75, 3.05) is 38.2 Å². The zero-order chi connectivity index (χ0) is 13.1. The summed E-state index contributed by atoms with van der Waals surface area (Å²) in [5, 5.41) is 0. The van der Waals surface area contributed by atoms with Crippen LogP contribution in [0.25, 0.3) is 0 Å². The lowest BCUT2D eigenvalue weighted by Crippen LogP contribution is -2.48. The first-order valence-corrected chi connectivity index (χ1v) is 6.26. The van der Waals surface area contributed by atoms with Crippen LogP contribution in [0.4, 0.5) is 5.69 Å². The molecule has 98 valence electrons. The minimum Gasteiger partial charge on any atom is -0.497 e. The van der Waals surface area contributed by atoms with Crippen LogP contribution in [0.3, 0.4) is 0 Å². The van der Waals surface area contributed by atoms with Gasteiger partial charge in [0.1, 0.15) is 5.75 Å². The average Bonchev–Trinajstić information content (AvgIpc) is 2.38. The highest BCUT2D eigenvalue weighted by Crippen LogP contribution is 2.24. The average molecular weight is 248 g/mol. The van der Waals surface area contributed by atoms with E-state index in [4.69, 9.17) is 4.74 Å². The molecule has 0 N–H and O–H groups in total. The van der Waals surface area contributed by atoms with Crippen LogP contribution in [0, 0.1) is 6.92 Å². The number of anilines is 1. The van der Waals surface area contributed by atoms with E-state index >= 15 is 0 Å². The van der Waals surface area contributed by atoms with Crippen LogP contribution in [0.1, 0.15) is 12.5 Å². The van der Waals surface area contributed by atoms with Gasteiger partial charge in [-0.15, -0.1) is 0 Å². The number of aryl methyl sites for hydroxylation is 1. The van der Waals surface area contributed by atoms with E-state index < -0.39 is 0 Å². The molecule has 0 radical (unpaired) electrons. The van der Waals surface area contributed by atoms with E-state index in [1.54, 1.807) is 14.0 Å². The van der Waals surface area contributed by atoms with Gasteiger partial charge in [0, 0.05) is 44.9 Å². The molecular weight excluding hydrogens is 228 g/mol. The zero-order valence-electron chi connectivity index (χ0n) is 11.3. The van der Waals surface area contributed by atoms with Gasteiger partial charge in [-0.1, -0.05) is 0 Å². The van der Waals surface area contributed by atoms with Crippen molar-refractivity contribution >= 4 is 11.6 Å². The van der Waals surface area contributed by atoms with Gasteiger partial charge in [0.15, 0.2) is 0 Å². The number of piperazine rings is 1. The molecule has 1 aliphatic heterocycles. The van der Waals surface area contributed by atoms with Crippen LogP contribution in [-0.4, -0.2) is 44.1 Å². The maximum atomic E-state index is 11.3. The van der Waals surface area contributed by atoms with E-state index in [-0.39, 0.29) is 5.91 Å². The van der Waals surface area contributed by atoms with Gasteiger partial charge in [0.25, 0.3) is 0 Å². The Bertz CT molecular complexity index is 437. The van der Waals surface area contributed by atoms with Crippen LogP contribution < -0.4 is 9.64 Å². The minimum absolute atomic E-state index is 0.163. The van der Waals surface area contributed by atoms with Crippen molar-refractivity contribution in [2.24, 2.45) is 0 Å². The van der Waals surface area contributed by atoms with Gasteiger partial charge in [0.05, 0.1) is 7.11 Å². The summed E-state index contributed by atoms with van der Waals surface area (Å²) in [6.45, 7) is 7.05. The molecule has 0 spiro atoms. The first-order chi connectivity index (χ1) is 8.60. The molecule has 0 bridgehead atoms. The van der Waals surface area contributed by atoms with Crippen molar-refractivity contribution in [1.29, 1.82) is 0 Å². The molecule has 0 saturated carbocycles. The van der Waals surface area contributed by atoms with Crippen molar-refractivity contribution in [2.45, 2.75) is 13.8 Å². The van der Waals surface area contributed by atoms with Crippen molar-refractivity contribution in [3.8, 4) is 5.75 Å². The summed E-state index contributed by atoms with van der Waals surface area (Å²) in [6, 6.07) is 6.23. The molecule has 0 atom stereocenters. The van der Waals surface area contributed by atoms with Gasteiger partial charge in [-0.3, -0.25) is 4.79 Å². The SMILES string of the molecule is COc1cc(C)cc(N2CCN(C(C)=O)CC2)c1. The minimum atomic E-state index is 0.163. The summed E-state index contributed by atoms with van der Waals surface area (Å²) >= 11 is 0. The summed E-state index contributed by atoms with van der Waals surface area (Å²) < 4.78 is 5.29. The standard InChI is InChI=1S/C14H20N2O2/c1-11-8-13(10-14(9-11)18-3)16-6-4-15(5-7-16)12(2)17/h8-10H,4-7H2,1-3H3. The number of amides is 1. The summed E-state index contributed by atoms with van der Waals surface area (Å²) in [6.07, 6.45) is 0. The Morgan fingerprint density at radius 3 is 2.39 bits per heavy atom. The summed E-state index contributed by atoms with van der Waals surface area (Å²) in [4.78, 5) is 15.5. The Morgan fingerprint density at radius 1 is 1.17 bits per heavy atom. The highest BCUT2D eigenvalue weighted by Gasteiger charge is 2.19. The molecule has 1 amide bonds. The van der Waals surface area contributed by atoms with E-state index in [1.807, 2.05) is 11.0 Å². The predicted octanol–water partition coefficient (Wildman–Crippen LogP) is 1.67. The van der Waals surface area contributed by atoms with E-state index in [0.29, 0.717) is 0 Å². The van der Waals surface area contributed by atoms with Gasteiger partial charge < -0.3 is 14.5 Å². The fourth-order valence-corrected chi connectivity index (χ4v) is 2.31. The molecule has 0 unspecified atom stereocenters. The van der Waals surface area contributed by atoms with Crippen LogP contribution in [0.15, 0.2) is 18.2 Å². The monoisotopic (exact) mass is 248 g/mol. The van der Waals surface area contributed by atoms with Gasteiger partial charge in [-0.25, -0.2) is 0 Å². The topological polar surface area (TPSA) is 32.8 Å². The molecule has 1 aromatic carbocycles. The van der Waals surface area contributed by atoms with Gasteiger partial charge >= 0.3 is 0 Å². The van der Waals surface area contributed by atoms with Crippen molar-refractivity contribution in [3.63, 3.8) is 0 Å². The number of hydrogen-bond donors (Lipinski definition) is 0. The van der Waals surface area contributed by atoms with E-state index in [9.17, 15) is 4.79 Å². The fourth-order valence-electron chi connectivity index (χ4n) is 2.31. The number of hydrogen-bond acceptors (Lipinski definition) is 3. The van der Waals surface area contributed by atoms with Gasteiger partial charge in [0.2, 0.25) is 5.91 Å². The maximum Gasteiger partial charge on any atom is 0.219 e. The molecule has 1 fully saturated rings. The number of rotatable bonds is 2. The predicted molar refractivity (Wildman–Crippen MR) is 72.2 cm³/mol. The van der Waals surface area contributed by atoms with Crippen LogP contribution in [0.5, 0.6) is 5.75 Å². The highest BCUT2D eigenvalue weighted by molar-refractivity contribution is 5.73. The molecule has 1 aromatic rings. The fraction of sp³-hybridized carbons (Fsp3) is 0.500. The largest absolute Gasteiger partial charge is 0.497 e. The van der Waals surface area contributed by atoms with E-state index in [1.165, 1.54) is 11.3 Å². The van der Waals surface area contributed by atoms with E-state index in [0.717, 1.165) is 31.9 Å². The number of benzene rings is 1. The second-order valence-corrected chi connectivity index (χ2v) is 4.70. The van der Waals surface area contributed by atoms with E-state index in [2.05, 4.69) is 24.0 Å². The zero-order valence-corrected chi connectivity index (χ0v) is 11.3. The number of methoxy groups -OCH3 is 1. The smallest absolute Gasteiger partial charge is 0.219 e. The first kappa shape index (κ1) is 12.7. The van der Waals surface area contributed by atoms with Gasteiger partial charge in [-0.2, -0.15) is 0 Å². The second kappa shape index (κ2) is 5.29. The second-order valence-electron chi connectivity index (χ2n) is 4.70. The van der Waals surface area contributed by atoms with Crippen molar-refractivity contribution in [1.82, 2.24) is 4.90 Å². The normalized spacial score (nSPS) is 15.7. The molecule has 1 aliphatic rings. The molecule has 4 heteroatoms. The summed E-state index contributed by atoms with van der Waals surface area (Å²) in [7, 11) is 1.69. The Morgan fingerprint density at radius 2 is 1.83 bits per heavy atom. The molecule has 1 saturated heterocycles. The van der Waals surface area contributed by atoms with Crippen LogP contribution >= 0.6 is 0 Å². The summed E-state index contributed by atoms with van der Waals surface area (Å²) in [5.41, 5.74) is 2.37. The van der Waals surface area contributed by atoms with Crippen molar-refractivity contribution < 1.29 is 9.53 Å². The lowest BCUT2D eigenvalue weighted by Gasteiger charge is -2.35. The molecule has 0 aliphatic carbocycles. The molecule has 4 nitrogen and oxygen atoms in total. The Balaban J connectivity index is 2.09. The van der Waals surface area contributed by atoms with Crippen LogP contribution in [0.2, 0.25) is 0 Å². The molecule has 0 aromatic heterocycles. The molecule has 2 rings (SSSR count). The van der Waals surface area contributed by atoms with Crippen molar-refractivity contribution in [3.05, 3.63) is 23.8 Å². The first-order valence-electron chi connectivity index (χ1n) is 6.26. The van der Waals surface area contributed by atoms with Crippen LogP contribution in [-0.2, 0) is 4.79 Å². The number of ether oxygens (including phenoxy) is 1. The number of carbonyl (C=O) groups is 1. The molecule has 1 heterocycles. The third-order valence-electron chi connectivity index (χ3n) is 3.36. The van der Waals surface area contributed by atoms with Gasteiger partial charge in [-0.05, 0) is 24.6 Å². The lowest BCUT2D eigenvalue weighted by molar-refractivity contribution is -0.129. The third kappa shape index (κ3) is 2.75. The molecular formula is C14H20N2O2.